The summed E-state index contributed by atoms with van der Waals surface area (Å²) in [6, 6.07) is 4.56. The molecule has 0 spiro atoms. The average molecular weight is 287 g/mol. The third kappa shape index (κ3) is 3.42. The van der Waals surface area contributed by atoms with Crippen LogP contribution in [-0.4, -0.2) is 45.5 Å². The van der Waals surface area contributed by atoms with Gasteiger partial charge in [0.15, 0.2) is 0 Å². The Hall–Kier alpha value is -1.67. The minimum atomic E-state index is -3.74. The first-order valence-corrected chi connectivity index (χ1v) is 7.25. The summed E-state index contributed by atoms with van der Waals surface area (Å²) < 4.78 is 39.0. The topological polar surface area (TPSA) is 78.5 Å². The number of hydrogen-bond donors (Lipinski definition) is 2. The van der Waals surface area contributed by atoms with Crippen molar-refractivity contribution in [3.05, 3.63) is 30.1 Å². The highest BCUT2D eigenvalue weighted by molar-refractivity contribution is 7.89. The van der Waals surface area contributed by atoms with Gasteiger partial charge < -0.3 is 10.2 Å². The molecule has 1 aliphatic heterocycles. The molecule has 19 heavy (non-hydrogen) atoms. The van der Waals surface area contributed by atoms with Crippen molar-refractivity contribution in [2.24, 2.45) is 0 Å². The molecule has 0 bridgehead atoms. The van der Waals surface area contributed by atoms with E-state index in [2.05, 4.69) is 10.0 Å². The largest absolute Gasteiger partial charge is 0.336 e. The molecule has 0 unspecified atom stereocenters. The maximum absolute atomic E-state index is 13.0. The zero-order valence-corrected chi connectivity index (χ0v) is 10.9. The van der Waals surface area contributed by atoms with Crippen LogP contribution in [0.2, 0.25) is 0 Å². The molecule has 0 radical (unpaired) electrons. The van der Waals surface area contributed by atoms with Gasteiger partial charge in [0.05, 0.1) is 4.90 Å². The number of halogens is 1. The van der Waals surface area contributed by atoms with Crippen LogP contribution in [0.4, 0.5) is 9.18 Å². The summed E-state index contributed by atoms with van der Waals surface area (Å²) in [6.07, 6.45) is 0. The number of amides is 2. The van der Waals surface area contributed by atoms with E-state index >= 15 is 0 Å². The Morgan fingerprint density at radius 3 is 2.84 bits per heavy atom. The first kappa shape index (κ1) is 13.8. The SMILES string of the molecule is O=C1NCCN1CCNS(=O)(=O)c1cccc(F)c1. The molecule has 2 N–H and O–H groups in total. The zero-order valence-electron chi connectivity index (χ0n) is 10.1. The van der Waals surface area contributed by atoms with Crippen LogP contribution in [0.3, 0.4) is 0 Å². The van der Waals surface area contributed by atoms with Gasteiger partial charge in [-0.3, -0.25) is 0 Å². The molecule has 0 atom stereocenters. The fourth-order valence-corrected chi connectivity index (χ4v) is 2.81. The molecular formula is C11H14FN3O3S. The van der Waals surface area contributed by atoms with Crippen molar-refractivity contribution >= 4 is 16.1 Å². The van der Waals surface area contributed by atoms with Crippen molar-refractivity contribution in [3.8, 4) is 0 Å². The van der Waals surface area contributed by atoms with Gasteiger partial charge in [0.1, 0.15) is 5.82 Å². The summed E-state index contributed by atoms with van der Waals surface area (Å²) in [5, 5.41) is 2.62. The molecule has 104 valence electrons. The quantitative estimate of drug-likeness (QED) is 0.808. The van der Waals surface area contributed by atoms with Crippen LogP contribution in [0.25, 0.3) is 0 Å². The van der Waals surface area contributed by atoms with Crippen LogP contribution < -0.4 is 10.0 Å². The summed E-state index contributed by atoms with van der Waals surface area (Å²) in [6.45, 7) is 1.49. The number of benzene rings is 1. The Bertz CT molecular complexity index is 576. The smallest absolute Gasteiger partial charge is 0.317 e. The van der Waals surface area contributed by atoms with E-state index in [-0.39, 0.29) is 24.0 Å². The molecule has 0 aromatic heterocycles. The number of carbonyl (C=O) groups excluding carboxylic acids is 1. The lowest BCUT2D eigenvalue weighted by Gasteiger charge is -2.14. The molecule has 1 heterocycles. The number of nitrogens with one attached hydrogen (secondary N) is 2. The molecule has 1 aliphatic rings. The minimum absolute atomic E-state index is 0.0896. The highest BCUT2D eigenvalue weighted by Crippen LogP contribution is 2.09. The van der Waals surface area contributed by atoms with Gasteiger partial charge in [-0.15, -0.1) is 0 Å². The van der Waals surface area contributed by atoms with Gasteiger partial charge in [0.2, 0.25) is 10.0 Å². The van der Waals surface area contributed by atoms with Gasteiger partial charge in [0, 0.05) is 26.2 Å². The standard InChI is InChI=1S/C11H14FN3O3S/c12-9-2-1-3-10(8-9)19(17,18)14-5-7-15-6-4-13-11(15)16/h1-3,8,14H,4-7H2,(H,13,16). The fraction of sp³-hybridized carbons (Fsp3) is 0.364. The Morgan fingerprint density at radius 1 is 1.42 bits per heavy atom. The molecule has 1 aromatic carbocycles. The van der Waals surface area contributed by atoms with Crippen LogP contribution >= 0.6 is 0 Å². The van der Waals surface area contributed by atoms with Crippen LogP contribution in [0.15, 0.2) is 29.2 Å². The van der Waals surface area contributed by atoms with E-state index in [0.717, 1.165) is 6.07 Å². The highest BCUT2D eigenvalue weighted by Gasteiger charge is 2.20. The van der Waals surface area contributed by atoms with E-state index in [0.29, 0.717) is 13.1 Å². The molecule has 0 aliphatic carbocycles. The van der Waals surface area contributed by atoms with Crippen LogP contribution in [-0.2, 0) is 10.0 Å². The summed E-state index contributed by atoms with van der Waals surface area (Å²) in [7, 11) is -3.74. The molecule has 2 rings (SSSR count). The second-order valence-electron chi connectivity index (χ2n) is 4.07. The number of carbonyl (C=O) groups is 1. The van der Waals surface area contributed by atoms with Crippen LogP contribution in [0, 0.1) is 5.82 Å². The van der Waals surface area contributed by atoms with Crippen molar-refractivity contribution in [2.75, 3.05) is 26.2 Å². The first-order valence-electron chi connectivity index (χ1n) is 5.77. The van der Waals surface area contributed by atoms with Gasteiger partial charge in [0.25, 0.3) is 0 Å². The molecule has 6 nitrogen and oxygen atoms in total. The average Bonchev–Trinajstić information content (AvgIpc) is 2.75. The normalized spacial score (nSPS) is 15.6. The number of nitrogens with zero attached hydrogens (tertiary/aromatic N) is 1. The Balaban J connectivity index is 1.93. The maximum Gasteiger partial charge on any atom is 0.317 e. The lowest BCUT2D eigenvalue weighted by Crippen LogP contribution is -2.36. The second kappa shape index (κ2) is 5.54. The highest BCUT2D eigenvalue weighted by atomic mass is 32.2. The van der Waals surface area contributed by atoms with Crippen molar-refractivity contribution in [3.63, 3.8) is 0 Å². The number of hydrogen-bond acceptors (Lipinski definition) is 3. The van der Waals surface area contributed by atoms with Crippen molar-refractivity contribution < 1.29 is 17.6 Å². The summed E-state index contributed by atoms with van der Waals surface area (Å²) >= 11 is 0. The molecule has 1 saturated heterocycles. The molecule has 8 heteroatoms. The lowest BCUT2D eigenvalue weighted by molar-refractivity contribution is 0.218. The molecule has 2 amide bonds. The van der Waals surface area contributed by atoms with E-state index in [9.17, 15) is 17.6 Å². The van der Waals surface area contributed by atoms with E-state index in [1.807, 2.05) is 0 Å². The molecule has 0 saturated carbocycles. The zero-order chi connectivity index (χ0) is 13.9. The maximum atomic E-state index is 13.0. The molecular weight excluding hydrogens is 273 g/mol. The third-order valence-electron chi connectivity index (χ3n) is 2.73. The summed E-state index contributed by atoms with van der Waals surface area (Å²) in [5.41, 5.74) is 0. The van der Waals surface area contributed by atoms with E-state index in [1.54, 1.807) is 0 Å². The summed E-state index contributed by atoms with van der Waals surface area (Å²) in [5.74, 6) is -0.609. The van der Waals surface area contributed by atoms with Gasteiger partial charge in [-0.1, -0.05) is 6.07 Å². The first-order chi connectivity index (χ1) is 8.99. The van der Waals surface area contributed by atoms with Crippen LogP contribution in [0.5, 0.6) is 0 Å². The van der Waals surface area contributed by atoms with E-state index < -0.39 is 15.8 Å². The predicted molar refractivity (Wildman–Crippen MR) is 66.6 cm³/mol. The van der Waals surface area contributed by atoms with Crippen molar-refractivity contribution in [1.29, 1.82) is 0 Å². The van der Waals surface area contributed by atoms with E-state index in [4.69, 9.17) is 0 Å². The monoisotopic (exact) mass is 287 g/mol. The Morgan fingerprint density at radius 2 is 2.21 bits per heavy atom. The Labute approximate surface area is 110 Å². The number of urea groups is 1. The van der Waals surface area contributed by atoms with E-state index in [1.165, 1.54) is 23.1 Å². The number of sulfonamides is 1. The molecule has 1 fully saturated rings. The molecule has 1 aromatic rings. The van der Waals surface area contributed by atoms with Crippen LogP contribution in [0.1, 0.15) is 0 Å². The van der Waals surface area contributed by atoms with Crippen molar-refractivity contribution in [1.82, 2.24) is 14.9 Å². The van der Waals surface area contributed by atoms with Gasteiger partial charge in [-0.25, -0.2) is 22.3 Å². The third-order valence-corrected chi connectivity index (χ3v) is 4.18. The van der Waals surface area contributed by atoms with Gasteiger partial charge >= 0.3 is 6.03 Å². The fourth-order valence-electron chi connectivity index (χ4n) is 1.76. The van der Waals surface area contributed by atoms with Gasteiger partial charge in [-0.05, 0) is 18.2 Å². The summed E-state index contributed by atoms with van der Waals surface area (Å²) in [4.78, 5) is 12.6. The Kier molecular flexibility index (Phi) is 4.01. The second-order valence-corrected chi connectivity index (χ2v) is 5.84. The van der Waals surface area contributed by atoms with Crippen molar-refractivity contribution in [2.45, 2.75) is 4.90 Å². The van der Waals surface area contributed by atoms with Gasteiger partial charge in [-0.2, -0.15) is 0 Å². The predicted octanol–water partition coefficient (Wildman–Crippen LogP) is 0.129. The minimum Gasteiger partial charge on any atom is -0.336 e. The number of rotatable bonds is 5. The lowest BCUT2D eigenvalue weighted by atomic mass is 10.4.